The monoisotopic (exact) mass is 424 g/mol. The molecule has 0 spiro atoms. The Morgan fingerprint density at radius 2 is 1.94 bits per heavy atom. The van der Waals surface area contributed by atoms with Crippen LogP contribution in [0.1, 0.15) is 21.5 Å². The summed E-state index contributed by atoms with van der Waals surface area (Å²) in [6, 6.07) is 11.0. The SMILES string of the molecule is Cc1ccc2c(COC(=O)c3cc(N4CCOCC4)ccc3[N+](=O)[O-])cc(=O)oc2c1. The van der Waals surface area contributed by atoms with Gasteiger partial charge in [-0.15, -0.1) is 0 Å². The lowest BCUT2D eigenvalue weighted by atomic mass is 10.1. The average Bonchev–Trinajstić information content (AvgIpc) is 2.77. The molecule has 2 heterocycles. The molecular weight excluding hydrogens is 404 g/mol. The van der Waals surface area contributed by atoms with Gasteiger partial charge in [-0.3, -0.25) is 10.1 Å². The molecule has 0 saturated carbocycles. The van der Waals surface area contributed by atoms with Crippen molar-refractivity contribution in [2.75, 3.05) is 31.2 Å². The molecule has 0 radical (unpaired) electrons. The topological polar surface area (TPSA) is 112 Å². The first-order valence-electron chi connectivity index (χ1n) is 9.74. The van der Waals surface area contributed by atoms with Crippen molar-refractivity contribution >= 4 is 28.3 Å². The zero-order valence-electron chi connectivity index (χ0n) is 16.8. The highest BCUT2D eigenvalue weighted by Crippen LogP contribution is 2.27. The molecule has 9 nitrogen and oxygen atoms in total. The van der Waals surface area contributed by atoms with Crippen LogP contribution in [0.5, 0.6) is 0 Å². The Morgan fingerprint density at radius 1 is 1.16 bits per heavy atom. The molecule has 1 aliphatic rings. The minimum absolute atomic E-state index is 0.142. The van der Waals surface area contributed by atoms with Gasteiger partial charge in [0.2, 0.25) is 0 Å². The van der Waals surface area contributed by atoms with Gasteiger partial charge in [0.1, 0.15) is 17.8 Å². The number of benzene rings is 2. The second kappa shape index (κ2) is 8.57. The summed E-state index contributed by atoms with van der Waals surface area (Å²) in [7, 11) is 0. The molecule has 31 heavy (non-hydrogen) atoms. The summed E-state index contributed by atoms with van der Waals surface area (Å²) < 4.78 is 15.9. The number of nitrogens with zero attached hydrogens (tertiary/aromatic N) is 2. The van der Waals surface area contributed by atoms with Crippen LogP contribution in [0.2, 0.25) is 0 Å². The summed E-state index contributed by atoms with van der Waals surface area (Å²) >= 11 is 0. The molecule has 1 aliphatic heterocycles. The van der Waals surface area contributed by atoms with Crippen molar-refractivity contribution in [3.63, 3.8) is 0 Å². The highest BCUT2D eigenvalue weighted by Gasteiger charge is 2.24. The van der Waals surface area contributed by atoms with Gasteiger partial charge in [-0.1, -0.05) is 12.1 Å². The zero-order valence-corrected chi connectivity index (χ0v) is 16.8. The number of carbonyl (C=O) groups excluding carboxylic acids is 1. The fourth-order valence-corrected chi connectivity index (χ4v) is 3.54. The summed E-state index contributed by atoms with van der Waals surface area (Å²) in [5.41, 5.74) is 1.41. The predicted octanol–water partition coefficient (Wildman–Crippen LogP) is 3.20. The maximum Gasteiger partial charge on any atom is 0.345 e. The lowest BCUT2D eigenvalue weighted by molar-refractivity contribution is -0.385. The standard InChI is InChI=1S/C22H20N2O7/c1-14-2-4-17-15(11-21(25)31-20(17)10-14)13-30-22(26)18-12-16(3-5-19(18)24(27)28)23-6-8-29-9-7-23/h2-5,10-12H,6-9,13H2,1H3. The van der Waals surface area contributed by atoms with E-state index in [0.29, 0.717) is 48.5 Å². The number of morpholine rings is 1. The fourth-order valence-electron chi connectivity index (χ4n) is 3.54. The number of nitro benzene ring substituents is 1. The van der Waals surface area contributed by atoms with Crippen molar-refractivity contribution in [2.24, 2.45) is 0 Å². The molecule has 0 bridgehead atoms. The molecule has 160 valence electrons. The summed E-state index contributed by atoms with van der Waals surface area (Å²) in [5.74, 6) is -0.838. The molecule has 4 rings (SSSR count). The van der Waals surface area contributed by atoms with E-state index in [1.807, 2.05) is 17.9 Å². The second-order valence-electron chi connectivity index (χ2n) is 7.22. The first-order chi connectivity index (χ1) is 14.9. The summed E-state index contributed by atoms with van der Waals surface area (Å²) in [5, 5.41) is 12.1. The van der Waals surface area contributed by atoms with E-state index < -0.39 is 16.5 Å². The molecule has 9 heteroatoms. The number of fused-ring (bicyclic) bond motifs is 1. The van der Waals surface area contributed by atoms with Crippen LogP contribution in [0.15, 0.2) is 51.7 Å². The molecule has 1 aromatic heterocycles. The number of nitro groups is 1. The van der Waals surface area contributed by atoms with E-state index in [0.717, 1.165) is 5.56 Å². The van der Waals surface area contributed by atoms with Gasteiger partial charge in [0.05, 0.1) is 18.1 Å². The largest absolute Gasteiger partial charge is 0.457 e. The highest BCUT2D eigenvalue weighted by atomic mass is 16.6. The number of ether oxygens (including phenoxy) is 2. The molecule has 1 saturated heterocycles. The van der Waals surface area contributed by atoms with E-state index in [4.69, 9.17) is 13.9 Å². The first-order valence-corrected chi connectivity index (χ1v) is 9.74. The number of hydrogen-bond acceptors (Lipinski definition) is 8. The average molecular weight is 424 g/mol. The van der Waals surface area contributed by atoms with Gasteiger partial charge in [-0.25, -0.2) is 9.59 Å². The van der Waals surface area contributed by atoms with Gasteiger partial charge in [0, 0.05) is 41.9 Å². The third kappa shape index (κ3) is 4.41. The lowest BCUT2D eigenvalue weighted by Gasteiger charge is -2.29. The van der Waals surface area contributed by atoms with Gasteiger partial charge >= 0.3 is 11.6 Å². The number of carbonyl (C=O) groups is 1. The van der Waals surface area contributed by atoms with Gasteiger partial charge in [-0.05, 0) is 30.7 Å². The minimum Gasteiger partial charge on any atom is -0.457 e. The Balaban J connectivity index is 1.62. The zero-order chi connectivity index (χ0) is 22.0. The molecular formula is C22H20N2O7. The molecule has 1 fully saturated rings. The molecule has 0 atom stereocenters. The van der Waals surface area contributed by atoms with Crippen molar-refractivity contribution in [1.29, 1.82) is 0 Å². The van der Waals surface area contributed by atoms with Crippen LogP contribution in [0.3, 0.4) is 0 Å². The Kier molecular flexibility index (Phi) is 5.68. The maximum absolute atomic E-state index is 12.8. The maximum atomic E-state index is 12.8. The van der Waals surface area contributed by atoms with Gasteiger partial charge < -0.3 is 18.8 Å². The Hall–Kier alpha value is -3.72. The van der Waals surface area contributed by atoms with Crippen LogP contribution < -0.4 is 10.5 Å². The minimum atomic E-state index is -0.838. The Morgan fingerprint density at radius 3 is 2.68 bits per heavy atom. The number of aryl methyl sites for hydroxylation is 1. The molecule has 0 amide bonds. The fraction of sp³-hybridized carbons (Fsp3) is 0.273. The number of hydrogen-bond donors (Lipinski definition) is 0. The van der Waals surface area contributed by atoms with Gasteiger partial charge in [0.25, 0.3) is 5.69 Å². The highest BCUT2D eigenvalue weighted by molar-refractivity contribution is 5.95. The van der Waals surface area contributed by atoms with Crippen molar-refractivity contribution < 1.29 is 23.6 Å². The second-order valence-corrected chi connectivity index (χ2v) is 7.22. The quantitative estimate of drug-likeness (QED) is 0.266. The van der Waals surface area contributed by atoms with E-state index in [-0.39, 0.29) is 17.9 Å². The van der Waals surface area contributed by atoms with E-state index in [9.17, 15) is 19.7 Å². The summed E-state index contributed by atoms with van der Waals surface area (Å²) in [4.78, 5) is 37.5. The molecule has 2 aromatic carbocycles. The number of esters is 1. The number of rotatable bonds is 5. The molecule has 0 unspecified atom stereocenters. The van der Waals surface area contributed by atoms with Gasteiger partial charge in [0.15, 0.2) is 0 Å². The smallest absolute Gasteiger partial charge is 0.345 e. The molecule has 0 N–H and O–H groups in total. The van der Waals surface area contributed by atoms with Gasteiger partial charge in [-0.2, -0.15) is 0 Å². The third-order valence-corrected chi connectivity index (χ3v) is 5.12. The van der Waals surface area contributed by atoms with Crippen LogP contribution in [0.4, 0.5) is 11.4 Å². The van der Waals surface area contributed by atoms with Crippen LogP contribution >= 0.6 is 0 Å². The number of anilines is 1. The van der Waals surface area contributed by atoms with Crippen molar-refractivity contribution in [3.05, 3.63) is 79.7 Å². The van der Waals surface area contributed by atoms with Crippen molar-refractivity contribution in [2.45, 2.75) is 13.5 Å². The summed E-state index contributed by atoms with van der Waals surface area (Å²) in [6.45, 7) is 3.98. The van der Waals surface area contributed by atoms with E-state index >= 15 is 0 Å². The predicted molar refractivity (Wildman–Crippen MR) is 112 cm³/mol. The van der Waals surface area contributed by atoms with Crippen molar-refractivity contribution in [1.82, 2.24) is 0 Å². The van der Waals surface area contributed by atoms with Crippen molar-refractivity contribution in [3.8, 4) is 0 Å². The van der Waals surface area contributed by atoms with Crippen LogP contribution in [-0.4, -0.2) is 37.2 Å². The Labute approximate surface area is 176 Å². The van der Waals surface area contributed by atoms with Crippen LogP contribution in [0.25, 0.3) is 11.0 Å². The summed E-state index contributed by atoms with van der Waals surface area (Å²) in [6.07, 6.45) is 0. The van der Waals surface area contributed by atoms with E-state index in [1.165, 1.54) is 18.2 Å². The first kappa shape index (κ1) is 20.5. The lowest BCUT2D eigenvalue weighted by Crippen LogP contribution is -2.36. The third-order valence-electron chi connectivity index (χ3n) is 5.12. The normalized spacial score (nSPS) is 13.9. The van der Waals surface area contributed by atoms with Crippen LogP contribution in [0, 0.1) is 17.0 Å². The molecule has 3 aromatic rings. The molecule has 0 aliphatic carbocycles. The van der Waals surface area contributed by atoms with E-state index in [2.05, 4.69) is 0 Å². The van der Waals surface area contributed by atoms with E-state index in [1.54, 1.807) is 18.2 Å². The Bertz CT molecular complexity index is 1210. The van der Waals surface area contributed by atoms with Crippen LogP contribution in [-0.2, 0) is 16.1 Å².